The number of rotatable bonds is 4. The summed E-state index contributed by atoms with van der Waals surface area (Å²) in [5.74, 6) is -1.22. The molecule has 0 saturated heterocycles. The molecule has 1 atom stereocenters. The number of carboxylic acid groups (broad SMARTS) is 1. The topological polar surface area (TPSA) is 87.7 Å². The van der Waals surface area contributed by atoms with Crippen molar-refractivity contribution in [2.45, 2.75) is 53.2 Å². The van der Waals surface area contributed by atoms with E-state index in [4.69, 9.17) is 4.74 Å². The summed E-state index contributed by atoms with van der Waals surface area (Å²) in [6.07, 6.45) is -1.17. The highest BCUT2D eigenvalue weighted by atomic mass is 16.5. The first kappa shape index (κ1) is 20.9. The molecular weight excluding hydrogens is 368 g/mol. The van der Waals surface area contributed by atoms with Crippen molar-refractivity contribution in [2.75, 3.05) is 17.2 Å². The van der Waals surface area contributed by atoms with Gasteiger partial charge in [-0.3, -0.25) is 4.79 Å². The quantitative estimate of drug-likeness (QED) is 0.704. The predicted octanol–water partition coefficient (Wildman–Crippen LogP) is 4.58. The van der Waals surface area contributed by atoms with Gasteiger partial charge in [-0.05, 0) is 63.8 Å². The van der Waals surface area contributed by atoms with Gasteiger partial charge in [0.25, 0.3) is 0 Å². The van der Waals surface area contributed by atoms with Crippen molar-refractivity contribution >= 4 is 23.3 Å². The van der Waals surface area contributed by atoms with Crippen molar-refractivity contribution in [3.63, 3.8) is 0 Å². The Morgan fingerprint density at radius 2 is 1.69 bits per heavy atom. The Bertz CT molecular complexity index is 972. The number of hydrogen-bond donors (Lipinski definition) is 3. The zero-order valence-electron chi connectivity index (χ0n) is 17.8. The van der Waals surface area contributed by atoms with E-state index in [0.29, 0.717) is 16.8 Å². The predicted molar refractivity (Wildman–Crippen MR) is 114 cm³/mol. The summed E-state index contributed by atoms with van der Waals surface area (Å²) in [6.45, 7) is 11.5. The zero-order valence-corrected chi connectivity index (χ0v) is 17.8. The summed E-state index contributed by atoms with van der Waals surface area (Å²) in [7, 11) is 0. The number of carbonyl (C=O) groups is 2. The highest BCUT2D eigenvalue weighted by Gasteiger charge is 2.34. The summed E-state index contributed by atoms with van der Waals surface area (Å²) in [4.78, 5) is 24.3. The van der Waals surface area contributed by atoms with Crippen LogP contribution in [0.25, 0.3) is 11.1 Å². The molecule has 3 N–H and O–H groups in total. The van der Waals surface area contributed by atoms with Crippen LogP contribution < -0.4 is 10.6 Å². The molecule has 29 heavy (non-hydrogen) atoms. The molecule has 1 aliphatic rings. The standard InChI is InChI=1S/C23H28N2O4/c1-12-7-9-15(10-8-12)17-13(2)19-20(25-16(26)11-24-19)14(3)18(17)21(22(27)28)29-23(4,5)6/h7-10,21,24H,11H2,1-6H3,(H,25,26)(H,27,28)/t21-/m0/s1. The molecule has 2 aromatic rings. The van der Waals surface area contributed by atoms with Gasteiger partial charge in [0.05, 0.1) is 23.5 Å². The Kier molecular flexibility index (Phi) is 5.41. The van der Waals surface area contributed by atoms with Crippen molar-refractivity contribution in [3.05, 3.63) is 46.5 Å². The van der Waals surface area contributed by atoms with E-state index in [1.807, 2.05) is 65.8 Å². The number of aliphatic carboxylic acids is 1. The van der Waals surface area contributed by atoms with Crippen LogP contribution in [0.2, 0.25) is 0 Å². The first-order valence-electron chi connectivity index (χ1n) is 9.68. The minimum Gasteiger partial charge on any atom is -0.479 e. The molecule has 0 bridgehead atoms. The monoisotopic (exact) mass is 396 g/mol. The number of fused-ring (bicyclic) bond motifs is 1. The van der Waals surface area contributed by atoms with Crippen LogP contribution in [0.15, 0.2) is 24.3 Å². The average molecular weight is 396 g/mol. The third kappa shape index (κ3) is 4.12. The lowest BCUT2D eigenvalue weighted by Crippen LogP contribution is -2.31. The molecule has 1 heterocycles. The van der Waals surface area contributed by atoms with Crippen molar-refractivity contribution in [3.8, 4) is 11.1 Å². The largest absolute Gasteiger partial charge is 0.479 e. The molecule has 0 saturated carbocycles. The van der Waals surface area contributed by atoms with Gasteiger partial charge in [-0.2, -0.15) is 0 Å². The van der Waals surface area contributed by atoms with Crippen LogP contribution in [0.4, 0.5) is 11.4 Å². The number of ether oxygens (including phenoxy) is 1. The molecule has 0 radical (unpaired) electrons. The van der Waals surface area contributed by atoms with Gasteiger partial charge in [0.1, 0.15) is 0 Å². The molecule has 154 valence electrons. The maximum Gasteiger partial charge on any atom is 0.337 e. The number of nitrogens with one attached hydrogen (secondary N) is 2. The number of aryl methyl sites for hydroxylation is 1. The maximum atomic E-state index is 12.3. The molecule has 6 nitrogen and oxygen atoms in total. The molecular formula is C23H28N2O4. The van der Waals surface area contributed by atoms with Gasteiger partial charge in [0.15, 0.2) is 6.10 Å². The number of carboxylic acids is 1. The lowest BCUT2D eigenvalue weighted by Gasteiger charge is -2.32. The molecule has 0 fully saturated rings. The fourth-order valence-electron chi connectivity index (χ4n) is 3.76. The van der Waals surface area contributed by atoms with Crippen molar-refractivity contribution < 1.29 is 19.4 Å². The highest BCUT2D eigenvalue weighted by molar-refractivity contribution is 6.04. The van der Waals surface area contributed by atoms with Gasteiger partial charge in [0.2, 0.25) is 5.91 Å². The van der Waals surface area contributed by atoms with Crippen molar-refractivity contribution in [1.29, 1.82) is 0 Å². The number of anilines is 2. The average Bonchev–Trinajstić information content (AvgIpc) is 2.63. The van der Waals surface area contributed by atoms with Gasteiger partial charge < -0.3 is 20.5 Å². The fraction of sp³-hybridized carbons (Fsp3) is 0.391. The van der Waals surface area contributed by atoms with Crippen LogP contribution in [0.5, 0.6) is 0 Å². The summed E-state index contributed by atoms with van der Waals surface area (Å²) in [5.41, 5.74) is 5.77. The minimum atomic E-state index is -1.17. The number of amides is 1. The SMILES string of the molecule is Cc1ccc(-c2c(C)c3c(c(C)c2[C@H](OC(C)(C)C)C(=O)O)NC(=O)CN3)cc1. The summed E-state index contributed by atoms with van der Waals surface area (Å²) >= 11 is 0. The van der Waals surface area contributed by atoms with E-state index in [1.54, 1.807) is 0 Å². The lowest BCUT2D eigenvalue weighted by molar-refractivity contribution is -0.160. The molecule has 0 spiro atoms. The number of carbonyl (C=O) groups excluding carboxylic acids is 1. The van der Waals surface area contributed by atoms with Gasteiger partial charge in [-0.15, -0.1) is 0 Å². The van der Waals surface area contributed by atoms with Gasteiger partial charge in [-0.1, -0.05) is 29.8 Å². The molecule has 0 aliphatic carbocycles. The lowest BCUT2D eigenvalue weighted by atomic mass is 9.85. The van der Waals surface area contributed by atoms with Crippen LogP contribution in [0.1, 0.15) is 49.1 Å². The highest BCUT2D eigenvalue weighted by Crippen LogP contribution is 2.46. The molecule has 1 aliphatic heterocycles. The van der Waals surface area contributed by atoms with Gasteiger partial charge in [0, 0.05) is 5.56 Å². The van der Waals surface area contributed by atoms with Crippen molar-refractivity contribution in [1.82, 2.24) is 0 Å². The maximum absolute atomic E-state index is 12.3. The smallest absolute Gasteiger partial charge is 0.337 e. The second-order valence-corrected chi connectivity index (χ2v) is 8.50. The number of hydrogen-bond acceptors (Lipinski definition) is 4. The van der Waals surface area contributed by atoms with Crippen LogP contribution in [0, 0.1) is 20.8 Å². The van der Waals surface area contributed by atoms with Gasteiger partial charge in [-0.25, -0.2) is 4.79 Å². The van der Waals surface area contributed by atoms with E-state index >= 15 is 0 Å². The molecule has 1 amide bonds. The first-order valence-corrected chi connectivity index (χ1v) is 9.68. The molecule has 6 heteroatoms. The molecule has 2 aromatic carbocycles. The molecule has 0 aromatic heterocycles. The second kappa shape index (κ2) is 7.52. The Morgan fingerprint density at radius 1 is 1.07 bits per heavy atom. The summed E-state index contributed by atoms with van der Waals surface area (Å²) < 4.78 is 5.99. The summed E-state index contributed by atoms with van der Waals surface area (Å²) in [5, 5.41) is 16.1. The Balaban J connectivity index is 2.36. The van der Waals surface area contributed by atoms with Gasteiger partial charge >= 0.3 is 5.97 Å². The molecule has 3 rings (SSSR count). The van der Waals surface area contributed by atoms with E-state index in [1.165, 1.54) is 0 Å². The van der Waals surface area contributed by atoms with E-state index < -0.39 is 17.7 Å². The Hall–Kier alpha value is -2.86. The molecule has 0 unspecified atom stereocenters. The third-order valence-electron chi connectivity index (χ3n) is 5.04. The fourth-order valence-corrected chi connectivity index (χ4v) is 3.76. The number of benzene rings is 2. The second-order valence-electron chi connectivity index (χ2n) is 8.50. The third-order valence-corrected chi connectivity index (χ3v) is 5.04. The normalized spacial score (nSPS) is 14.6. The minimum absolute atomic E-state index is 0.155. The van der Waals surface area contributed by atoms with Crippen LogP contribution >= 0.6 is 0 Å². The Labute approximate surface area is 171 Å². The van der Waals surface area contributed by atoms with Crippen LogP contribution in [-0.2, 0) is 14.3 Å². The van der Waals surface area contributed by atoms with Crippen LogP contribution in [-0.4, -0.2) is 29.1 Å². The van der Waals surface area contributed by atoms with E-state index in [0.717, 1.165) is 27.9 Å². The van der Waals surface area contributed by atoms with E-state index in [9.17, 15) is 14.7 Å². The van der Waals surface area contributed by atoms with E-state index in [2.05, 4.69) is 10.6 Å². The Morgan fingerprint density at radius 3 is 2.24 bits per heavy atom. The van der Waals surface area contributed by atoms with Crippen LogP contribution in [0.3, 0.4) is 0 Å². The van der Waals surface area contributed by atoms with Crippen molar-refractivity contribution in [2.24, 2.45) is 0 Å². The zero-order chi connectivity index (χ0) is 21.5. The summed E-state index contributed by atoms with van der Waals surface area (Å²) in [6, 6.07) is 7.99. The van der Waals surface area contributed by atoms with E-state index in [-0.39, 0.29) is 12.5 Å². The first-order chi connectivity index (χ1) is 13.5.